The number of hydrogen-bond acceptors (Lipinski definition) is 4. The molecule has 48 heavy (non-hydrogen) atoms. The summed E-state index contributed by atoms with van der Waals surface area (Å²) < 4.78 is 32.4. The lowest BCUT2D eigenvalue weighted by molar-refractivity contribution is -0.122. The van der Waals surface area contributed by atoms with Gasteiger partial charge in [0, 0.05) is 6.42 Å². The molecule has 0 aromatic heterocycles. The van der Waals surface area contributed by atoms with Crippen LogP contribution in [0.2, 0.25) is 0 Å². The quantitative estimate of drug-likeness (QED) is 0.0344. The molecule has 6 nitrogen and oxygen atoms in total. The number of allylic oxidation sites excluding steroid dienone is 5. The predicted octanol–water partition coefficient (Wildman–Crippen LogP) is 11.7. The van der Waals surface area contributed by atoms with Gasteiger partial charge in [-0.3, -0.25) is 9.35 Å². The molecular weight excluding hydrogens is 619 g/mol. The van der Waals surface area contributed by atoms with Crippen molar-refractivity contribution in [2.45, 2.75) is 212 Å². The van der Waals surface area contributed by atoms with E-state index in [1.165, 1.54) is 134 Å². The van der Waals surface area contributed by atoms with Crippen molar-refractivity contribution < 1.29 is 22.9 Å². The molecule has 0 radical (unpaired) electrons. The highest BCUT2D eigenvalue weighted by atomic mass is 32.2. The molecule has 0 bridgehead atoms. The van der Waals surface area contributed by atoms with Crippen molar-refractivity contribution in [3.05, 3.63) is 36.5 Å². The Morgan fingerprint density at radius 1 is 0.542 bits per heavy atom. The summed E-state index contributed by atoms with van der Waals surface area (Å²) in [5.41, 5.74) is 0. The van der Waals surface area contributed by atoms with E-state index in [0.29, 0.717) is 6.42 Å². The van der Waals surface area contributed by atoms with Gasteiger partial charge in [0.1, 0.15) is 0 Å². The minimum absolute atomic E-state index is 0.283. The largest absolute Gasteiger partial charge is 0.387 e. The molecular formula is C41H77NO5S. The molecule has 3 N–H and O–H groups in total. The first-order valence-electron chi connectivity index (χ1n) is 20.2. The lowest BCUT2D eigenvalue weighted by Crippen LogP contribution is -2.46. The number of amides is 1. The van der Waals surface area contributed by atoms with E-state index in [2.05, 4.69) is 43.5 Å². The number of aliphatic hydroxyl groups excluding tert-OH is 1. The van der Waals surface area contributed by atoms with E-state index >= 15 is 0 Å². The zero-order valence-corrected chi connectivity index (χ0v) is 32.2. The number of aliphatic hydroxyl groups is 1. The summed E-state index contributed by atoms with van der Waals surface area (Å²) in [7, 11) is -4.35. The molecule has 2 atom stereocenters. The molecule has 0 heterocycles. The fourth-order valence-electron chi connectivity index (χ4n) is 5.99. The molecule has 0 aliphatic carbocycles. The molecule has 0 spiro atoms. The molecule has 0 saturated heterocycles. The Morgan fingerprint density at radius 2 is 0.896 bits per heavy atom. The van der Waals surface area contributed by atoms with Crippen molar-refractivity contribution in [1.82, 2.24) is 5.32 Å². The van der Waals surface area contributed by atoms with E-state index in [1.807, 2.05) is 6.08 Å². The number of hydrogen-bond donors (Lipinski definition) is 3. The first kappa shape index (κ1) is 46.6. The third-order valence-electron chi connectivity index (χ3n) is 9.04. The summed E-state index contributed by atoms with van der Waals surface area (Å²) in [5, 5.41) is 13.2. The normalized spacial score (nSPS) is 13.7. The fourth-order valence-corrected chi connectivity index (χ4v) is 6.72. The number of carbonyl (C=O) groups excluding carboxylic acids is 1. The summed E-state index contributed by atoms with van der Waals surface area (Å²) in [6, 6.07) is -1.07. The third-order valence-corrected chi connectivity index (χ3v) is 9.82. The number of nitrogens with one attached hydrogen (secondary N) is 1. The van der Waals surface area contributed by atoms with Crippen molar-refractivity contribution in [2.75, 3.05) is 5.75 Å². The first-order chi connectivity index (χ1) is 23.3. The fraction of sp³-hybridized carbons (Fsp3) is 0.829. The standard InChI is InChI=1S/C41H77NO5S/c1-3-5-7-9-11-13-15-17-19-21-23-25-27-29-31-33-35-37-41(44)42-39(38-48(45,46)47)40(43)36-34-32-30-28-26-24-22-20-18-16-14-12-10-8-6-4-2/h17,19,26,28,34,36,39-40,43H,3-16,18,20-25,27,29-33,35,37-38H2,1-2H3,(H,42,44)(H,45,46,47)/b19-17-,28-26+,36-34+. The molecule has 2 unspecified atom stereocenters. The Hall–Kier alpha value is -1.44. The summed E-state index contributed by atoms with van der Waals surface area (Å²) in [6.45, 7) is 4.51. The first-order valence-corrected chi connectivity index (χ1v) is 21.8. The Balaban J connectivity index is 3.98. The van der Waals surface area contributed by atoms with Gasteiger partial charge in [-0.2, -0.15) is 8.42 Å². The molecule has 0 aliphatic heterocycles. The van der Waals surface area contributed by atoms with Crippen LogP contribution in [0.15, 0.2) is 36.5 Å². The van der Waals surface area contributed by atoms with E-state index in [4.69, 9.17) is 0 Å². The van der Waals surface area contributed by atoms with Crippen LogP contribution < -0.4 is 5.32 Å². The zero-order chi connectivity index (χ0) is 35.4. The van der Waals surface area contributed by atoms with E-state index in [-0.39, 0.29) is 12.3 Å². The lowest BCUT2D eigenvalue weighted by atomic mass is 10.1. The molecule has 0 fully saturated rings. The van der Waals surface area contributed by atoms with Gasteiger partial charge in [-0.1, -0.05) is 172 Å². The number of rotatable bonds is 36. The molecule has 0 aromatic carbocycles. The highest BCUT2D eigenvalue weighted by Gasteiger charge is 2.24. The monoisotopic (exact) mass is 696 g/mol. The van der Waals surface area contributed by atoms with Crippen molar-refractivity contribution in [3.8, 4) is 0 Å². The minimum atomic E-state index is -4.35. The summed E-state index contributed by atoms with van der Waals surface area (Å²) in [6.07, 6.45) is 45.6. The van der Waals surface area contributed by atoms with Crippen LogP contribution in [0.1, 0.15) is 200 Å². The average Bonchev–Trinajstić information content (AvgIpc) is 3.05. The highest BCUT2D eigenvalue weighted by molar-refractivity contribution is 7.85. The van der Waals surface area contributed by atoms with Crippen LogP contribution in [0.3, 0.4) is 0 Å². The van der Waals surface area contributed by atoms with Crippen LogP contribution in [0.4, 0.5) is 0 Å². The maximum Gasteiger partial charge on any atom is 0.267 e. The van der Waals surface area contributed by atoms with Crippen LogP contribution >= 0.6 is 0 Å². The van der Waals surface area contributed by atoms with Crippen LogP contribution in [0.25, 0.3) is 0 Å². The molecule has 0 aliphatic rings. The second kappa shape index (κ2) is 35.4. The van der Waals surface area contributed by atoms with Crippen LogP contribution in [-0.4, -0.2) is 41.9 Å². The van der Waals surface area contributed by atoms with Gasteiger partial charge in [-0.15, -0.1) is 0 Å². The van der Waals surface area contributed by atoms with Gasteiger partial charge in [0.15, 0.2) is 0 Å². The SMILES string of the molecule is CCCCCCCC/C=C\CCCCCCCCCC(=O)NC(CS(=O)(=O)O)C(O)/C=C/CC/C=C/CCCCCCCCCCCC. The van der Waals surface area contributed by atoms with Gasteiger partial charge in [0.25, 0.3) is 10.1 Å². The van der Waals surface area contributed by atoms with Gasteiger partial charge in [0.05, 0.1) is 17.9 Å². The molecule has 0 rings (SSSR count). The molecule has 1 amide bonds. The molecule has 282 valence electrons. The maximum absolute atomic E-state index is 12.5. The Kier molecular flexibility index (Phi) is 34.3. The summed E-state index contributed by atoms with van der Waals surface area (Å²) in [4.78, 5) is 12.5. The summed E-state index contributed by atoms with van der Waals surface area (Å²) >= 11 is 0. The van der Waals surface area contributed by atoms with Gasteiger partial charge in [-0.05, 0) is 57.8 Å². The van der Waals surface area contributed by atoms with Crippen LogP contribution in [0, 0.1) is 0 Å². The van der Waals surface area contributed by atoms with Gasteiger partial charge < -0.3 is 10.4 Å². The number of unbranched alkanes of at least 4 members (excludes halogenated alkanes) is 24. The van der Waals surface area contributed by atoms with Crippen LogP contribution in [0.5, 0.6) is 0 Å². The van der Waals surface area contributed by atoms with Gasteiger partial charge in [0.2, 0.25) is 5.91 Å². The Morgan fingerprint density at radius 3 is 1.31 bits per heavy atom. The maximum atomic E-state index is 12.5. The third kappa shape index (κ3) is 35.9. The average molecular weight is 696 g/mol. The van der Waals surface area contributed by atoms with Crippen molar-refractivity contribution >= 4 is 16.0 Å². The second-order valence-electron chi connectivity index (χ2n) is 13.9. The zero-order valence-electron chi connectivity index (χ0n) is 31.4. The Labute approximate surface area is 297 Å². The predicted molar refractivity (Wildman–Crippen MR) is 207 cm³/mol. The van der Waals surface area contributed by atoms with Crippen LogP contribution in [-0.2, 0) is 14.9 Å². The minimum Gasteiger partial charge on any atom is -0.387 e. The van der Waals surface area contributed by atoms with Crippen molar-refractivity contribution in [2.24, 2.45) is 0 Å². The number of carbonyl (C=O) groups is 1. The lowest BCUT2D eigenvalue weighted by Gasteiger charge is -2.21. The van der Waals surface area contributed by atoms with E-state index in [9.17, 15) is 22.9 Å². The molecule has 7 heteroatoms. The van der Waals surface area contributed by atoms with E-state index in [1.54, 1.807) is 0 Å². The van der Waals surface area contributed by atoms with E-state index in [0.717, 1.165) is 44.9 Å². The molecule has 0 aromatic rings. The van der Waals surface area contributed by atoms with Crippen molar-refractivity contribution in [1.29, 1.82) is 0 Å². The smallest absolute Gasteiger partial charge is 0.267 e. The Bertz CT molecular complexity index is 899. The molecule has 0 saturated carbocycles. The summed E-state index contributed by atoms with van der Waals surface area (Å²) in [5.74, 6) is -1.00. The van der Waals surface area contributed by atoms with Gasteiger partial charge >= 0.3 is 0 Å². The van der Waals surface area contributed by atoms with Crippen molar-refractivity contribution in [3.63, 3.8) is 0 Å². The highest BCUT2D eigenvalue weighted by Crippen LogP contribution is 2.13. The second-order valence-corrected chi connectivity index (χ2v) is 15.4. The van der Waals surface area contributed by atoms with Gasteiger partial charge in [-0.25, -0.2) is 0 Å². The topological polar surface area (TPSA) is 104 Å². The van der Waals surface area contributed by atoms with E-state index < -0.39 is 28.0 Å².